The molecule has 1 heterocycles. The molecular weight excluding hydrogens is 304 g/mol. The molecule has 1 amide bonds. The first-order valence-electron chi connectivity index (χ1n) is 7.45. The van der Waals surface area contributed by atoms with Gasteiger partial charge in [0.05, 0.1) is 6.61 Å². The van der Waals surface area contributed by atoms with Crippen LogP contribution in [-0.2, 0) is 4.74 Å². The minimum atomic E-state index is 0. The Balaban J connectivity index is 0.00000242. The van der Waals surface area contributed by atoms with E-state index in [4.69, 9.17) is 9.47 Å². The van der Waals surface area contributed by atoms with Crippen molar-refractivity contribution in [3.63, 3.8) is 0 Å². The predicted molar refractivity (Wildman–Crippen MR) is 89.0 cm³/mol. The summed E-state index contributed by atoms with van der Waals surface area (Å²) in [7, 11) is 1.67. The predicted octanol–water partition coefficient (Wildman–Crippen LogP) is 1.96. The summed E-state index contributed by atoms with van der Waals surface area (Å²) in [6.07, 6.45) is 0.837. The zero-order valence-electron chi connectivity index (χ0n) is 13.2. The number of piperazine rings is 1. The maximum Gasteiger partial charge on any atom is 0.254 e. The maximum absolute atomic E-state index is 12.5. The molecule has 6 heteroatoms. The Morgan fingerprint density at radius 2 is 2.23 bits per heavy atom. The monoisotopic (exact) mass is 328 g/mol. The maximum atomic E-state index is 12.5. The van der Waals surface area contributed by atoms with E-state index >= 15 is 0 Å². The SMILES string of the molecule is COCCCOc1cccc(C(=O)N2CCNC(C)C2)c1.Cl. The quantitative estimate of drug-likeness (QED) is 0.811. The van der Waals surface area contributed by atoms with Gasteiger partial charge in [0.25, 0.3) is 5.91 Å². The fourth-order valence-corrected chi connectivity index (χ4v) is 2.41. The average Bonchev–Trinajstić information content (AvgIpc) is 2.51. The van der Waals surface area contributed by atoms with Crippen LogP contribution in [0.5, 0.6) is 5.75 Å². The molecular formula is C16H25ClN2O3. The van der Waals surface area contributed by atoms with Gasteiger partial charge in [-0.25, -0.2) is 0 Å². The molecule has 124 valence electrons. The second-order valence-electron chi connectivity index (χ2n) is 5.33. The largest absolute Gasteiger partial charge is 0.493 e. The van der Waals surface area contributed by atoms with E-state index < -0.39 is 0 Å². The van der Waals surface area contributed by atoms with Gasteiger partial charge in [0.1, 0.15) is 5.75 Å². The van der Waals surface area contributed by atoms with E-state index in [0.29, 0.717) is 24.8 Å². The lowest BCUT2D eigenvalue weighted by atomic mass is 10.1. The molecule has 1 N–H and O–H groups in total. The Hall–Kier alpha value is -1.30. The van der Waals surface area contributed by atoms with Crippen molar-refractivity contribution in [2.75, 3.05) is 40.0 Å². The second kappa shape index (κ2) is 9.66. The molecule has 1 atom stereocenters. The number of carbonyl (C=O) groups excluding carboxylic acids is 1. The number of benzene rings is 1. The highest BCUT2D eigenvalue weighted by Crippen LogP contribution is 2.16. The fraction of sp³-hybridized carbons (Fsp3) is 0.562. The second-order valence-corrected chi connectivity index (χ2v) is 5.33. The van der Waals surface area contributed by atoms with E-state index in [9.17, 15) is 4.79 Å². The number of hydrogen-bond donors (Lipinski definition) is 1. The lowest BCUT2D eigenvalue weighted by molar-refractivity contribution is 0.0708. The van der Waals surface area contributed by atoms with Crippen molar-refractivity contribution in [1.82, 2.24) is 10.2 Å². The number of rotatable bonds is 6. The van der Waals surface area contributed by atoms with E-state index in [2.05, 4.69) is 12.2 Å². The third kappa shape index (κ3) is 5.48. The number of halogens is 1. The smallest absolute Gasteiger partial charge is 0.254 e. The van der Waals surface area contributed by atoms with Crippen molar-refractivity contribution < 1.29 is 14.3 Å². The van der Waals surface area contributed by atoms with Crippen LogP contribution in [0.25, 0.3) is 0 Å². The minimum Gasteiger partial charge on any atom is -0.493 e. The Labute approximate surface area is 138 Å². The molecule has 22 heavy (non-hydrogen) atoms. The highest BCUT2D eigenvalue weighted by Gasteiger charge is 2.21. The Morgan fingerprint density at radius 1 is 1.41 bits per heavy atom. The van der Waals surface area contributed by atoms with E-state index in [1.165, 1.54) is 0 Å². The molecule has 0 spiro atoms. The van der Waals surface area contributed by atoms with E-state index in [0.717, 1.165) is 31.8 Å². The topological polar surface area (TPSA) is 50.8 Å². The molecule has 1 unspecified atom stereocenters. The summed E-state index contributed by atoms with van der Waals surface area (Å²) in [5.74, 6) is 0.811. The summed E-state index contributed by atoms with van der Waals surface area (Å²) in [6, 6.07) is 7.75. The zero-order valence-corrected chi connectivity index (χ0v) is 14.0. The van der Waals surface area contributed by atoms with Crippen molar-refractivity contribution >= 4 is 18.3 Å². The van der Waals surface area contributed by atoms with Crippen molar-refractivity contribution in [3.05, 3.63) is 29.8 Å². The number of amides is 1. The van der Waals surface area contributed by atoms with Crippen LogP contribution in [0.4, 0.5) is 0 Å². The number of carbonyl (C=O) groups is 1. The van der Waals surface area contributed by atoms with Gasteiger partial charge in [-0.3, -0.25) is 4.79 Å². The molecule has 0 saturated carbocycles. The molecule has 0 aliphatic carbocycles. The van der Waals surface area contributed by atoms with Gasteiger partial charge < -0.3 is 19.7 Å². The van der Waals surface area contributed by atoms with Crippen LogP contribution in [0, 0.1) is 0 Å². The minimum absolute atomic E-state index is 0. The summed E-state index contributed by atoms with van der Waals surface area (Å²) in [5.41, 5.74) is 0.688. The van der Waals surface area contributed by atoms with Gasteiger partial charge in [0.15, 0.2) is 0 Å². The Bertz CT molecular complexity index is 470. The van der Waals surface area contributed by atoms with Crippen molar-refractivity contribution in [3.8, 4) is 5.75 Å². The highest BCUT2D eigenvalue weighted by atomic mass is 35.5. The van der Waals surface area contributed by atoms with Crippen LogP contribution < -0.4 is 10.1 Å². The van der Waals surface area contributed by atoms with Gasteiger partial charge >= 0.3 is 0 Å². The van der Waals surface area contributed by atoms with Crippen LogP contribution in [0.15, 0.2) is 24.3 Å². The summed E-state index contributed by atoms with van der Waals surface area (Å²) < 4.78 is 10.6. The first-order valence-corrected chi connectivity index (χ1v) is 7.45. The summed E-state index contributed by atoms with van der Waals surface area (Å²) in [6.45, 7) is 5.71. The lowest BCUT2D eigenvalue weighted by Gasteiger charge is -2.32. The number of ether oxygens (including phenoxy) is 2. The van der Waals surface area contributed by atoms with Crippen LogP contribution in [0.2, 0.25) is 0 Å². The molecule has 1 saturated heterocycles. The third-order valence-electron chi connectivity index (χ3n) is 3.50. The lowest BCUT2D eigenvalue weighted by Crippen LogP contribution is -2.51. The van der Waals surface area contributed by atoms with E-state index in [-0.39, 0.29) is 18.3 Å². The van der Waals surface area contributed by atoms with Gasteiger partial charge in [0, 0.05) is 51.4 Å². The fourth-order valence-electron chi connectivity index (χ4n) is 2.41. The number of hydrogen-bond acceptors (Lipinski definition) is 4. The molecule has 1 aromatic rings. The molecule has 5 nitrogen and oxygen atoms in total. The van der Waals surface area contributed by atoms with E-state index in [1.54, 1.807) is 7.11 Å². The standard InChI is InChI=1S/C16H24N2O3.ClH/c1-13-12-18(8-7-17-13)16(19)14-5-3-6-15(11-14)21-10-4-9-20-2;/h3,5-6,11,13,17H,4,7-10,12H2,1-2H3;1H. The van der Waals surface area contributed by atoms with Crippen LogP contribution in [-0.4, -0.2) is 56.8 Å². The van der Waals surface area contributed by atoms with Crippen LogP contribution in [0.3, 0.4) is 0 Å². The van der Waals surface area contributed by atoms with Crippen molar-refractivity contribution in [2.24, 2.45) is 0 Å². The van der Waals surface area contributed by atoms with Gasteiger partial charge in [-0.15, -0.1) is 12.4 Å². The molecule has 1 aliphatic heterocycles. The molecule has 0 bridgehead atoms. The summed E-state index contributed by atoms with van der Waals surface area (Å²) in [5, 5.41) is 3.34. The first kappa shape index (κ1) is 18.7. The summed E-state index contributed by atoms with van der Waals surface area (Å²) in [4.78, 5) is 14.4. The molecule has 0 aromatic heterocycles. The number of nitrogens with zero attached hydrogens (tertiary/aromatic N) is 1. The van der Waals surface area contributed by atoms with Gasteiger partial charge in [-0.1, -0.05) is 6.07 Å². The van der Waals surface area contributed by atoms with E-state index in [1.807, 2.05) is 29.2 Å². The van der Waals surface area contributed by atoms with Gasteiger partial charge in [0.2, 0.25) is 0 Å². The average molecular weight is 329 g/mol. The molecule has 1 fully saturated rings. The molecule has 1 aromatic carbocycles. The summed E-state index contributed by atoms with van der Waals surface area (Å²) >= 11 is 0. The van der Waals surface area contributed by atoms with Crippen molar-refractivity contribution in [2.45, 2.75) is 19.4 Å². The number of nitrogens with one attached hydrogen (secondary N) is 1. The normalized spacial score (nSPS) is 17.7. The molecule has 1 aliphatic rings. The Kier molecular flexibility index (Phi) is 8.24. The number of methoxy groups -OCH3 is 1. The van der Waals surface area contributed by atoms with Gasteiger partial charge in [-0.2, -0.15) is 0 Å². The molecule has 2 rings (SSSR count). The van der Waals surface area contributed by atoms with Crippen LogP contribution >= 0.6 is 12.4 Å². The zero-order chi connectivity index (χ0) is 15.1. The highest BCUT2D eigenvalue weighted by molar-refractivity contribution is 5.94. The molecule has 0 radical (unpaired) electrons. The van der Waals surface area contributed by atoms with Gasteiger partial charge in [-0.05, 0) is 25.1 Å². The van der Waals surface area contributed by atoms with Crippen LogP contribution in [0.1, 0.15) is 23.7 Å². The Morgan fingerprint density at radius 3 is 2.95 bits per heavy atom. The first-order chi connectivity index (χ1) is 10.2. The third-order valence-corrected chi connectivity index (χ3v) is 3.50. The van der Waals surface area contributed by atoms with Crippen molar-refractivity contribution in [1.29, 1.82) is 0 Å².